The van der Waals surface area contributed by atoms with E-state index >= 15 is 0 Å². The van der Waals surface area contributed by atoms with Crippen LogP contribution in [0.15, 0.2) is 28.4 Å². The molecular formula is C10H7N5OS2. The van der Waals surface area contributed by atoms with Gasteiger partial charge in [0.2, 0.25) is 5.13 Å². The third-order valence-corrected chi connectivity index (χ3v) is 3.93. The molecule has 3 aromatic rings. The number of aromatic nitrogens is 4. The van der Waals surface area contributed by atoms with Crippen molar-refractivity contribution in [3.8, 4) is 21.1 Å². The summed E-state index contributed by atoms with van der Waals surface area (Å²) < 4.78 is 0. The lowest BCUT2D eigenvalue weighted by atomic mass is 10.2. The summed E-state index contributed by atoms with van der Waals surface area (Å²) in [5.74, 6) is 0. The first-order chi connectivity index (χ1) is 8.74. The van der Waals surface area contributed by atoms with Crippen LogP contribution in [0.5, 0.6) is 0 Å². The lowest BCUT2D eigenvalue weighted by Gasteiger charge is -1.98. The Morgan fingerprint density at radius 2 is 2.22 bits per heavy atom. The summed E-state index contributed by atoms with van der Waals surface area (Å²) in [6, 6.07) is 5.56. The Balaban J connectivity index is 2.15. The van der Waals surface area contributed by atoms with Crippen molar-refractivity contribution in [1.82, 2.24) is 20.4 Å². The summed E-state index contributed by atoms with van der Waals surface area (Å²) in [6.07, 6.45) is 0. The maximum atomic E-state index is 11.7. The maximum absolute atomic E-state index is 11.7. The molecule has 0 fully saturated rings. The van der Waals surface area contributed by atoms with Gasteiger partial charge in [-0.25, -0.2) is 5.10 Å². The zero-order valence-electron chi connectivity index (χ0n) is 8.95. The van der Waals surface area contributed by atoms with E-state index in [9.17, 15) is 4.79 Å². The van der Waals surface area contributed by atoms with Crippen LogP contribution < -0.4 is 11.3 Å². The van der Waals surface area contributed by atoms with Crippen LogP contribution in [-0.2, 0) is 0 Å². The molecule has 90 valence electrons. The van der Waals surface area contributed by atoms with Gasteiger partial charge in [-0.05, 0) is 17.5 Å². The standard InChI is InChI=1S/C10H7N5OS2/c11-10-15-14-9(18-10)5-4-6(12-13-8(5)16)7-2-1-3-17-7/h1-4H,(H2,11,15)(H,13,16). The first kappa shape index (κ1) is 11.1. The minimum Gasteiger partial charge on any atom is -0.374 e. The number of hydrogen-bond donors (Lipinski definition) is 2. The lowest BCUT2D eigenvalue weighted by molar-refractivity contribution is 0.995. The van der Waals surface area contributed by atoms with Crippen LogP contribution in [0, 0.1) is 0 Å². The summed E-state index contributed by atoms with van der Waals surface area (Å²) in [4.78, 5) is 12.7. The van der Waals surface area contributed by atoms with E-state index < -0.39 is 0 Å². The zero-order chi connectivity index (χ0) is 12.5. The molecule has 0 aliphatic carbocycles. The summed E-state index contributed by atoms with van der Waals surface area (Å²) in [7, 11) is 0. The molecule has 3 aromatic heterocycles. The smallest absolute Gasteiger partial charge is 0.274 e. The number of rotatable bonds is 2. The highest BCUT2D eigenvalue weighted by atomic mass is 32.1. The van der Waals surface area contributed by atoms with Crippen LogP contribution in [0.4, 0.5) is 5.13 Å². The van der Waals surface area contributed by atoms with E-state index in [0.29, 0.717) is 21.4 Å². The average Bonchev–Trinajstić information content (AvgIpc) is 3.01. The van der Waals surface area contributed by atoms with Crippen LogP contribution in [-0.4, -0.2) is 20.4 Å². The number of anilines is 1. The van der Waals surface area contributed by atoms with Crippen molar-refractivity contribution in [2.24, 2.45) is 0 Å². The van der Waals surface area contributed by atoms with Crippen molar-refractivity contribution in [1.29, 1.82) is 0 Å². The molecule has 0 aliphatic heterocycles. The molecule has 3 rings (SSSR count). The van der Waals surface area contributed by atoms with Gasteiger partial charge in [-0.3, -0.25) is 4.79 Å². The second-order valence-corrected chi connectivity index (χ2v) is 5.38. The molecule has 6 nitrogen and oxygen atoms in total. The number of nitrogens with zero attached hydrogens (tertiary/aromatic N) is 3. The van der Waals surface area contributed by atoms with E-state index in [1.165, 1.54) is 11.3 Å². The van der Waals surface area contributed by atoms with Gasteiger partial charge in [0.05, 0.1) is 10.4 Å². The predicted octanol–water partition coefficient (Wildman–Crippen LogP) is 1.60. The number of nitrogens with two attached hydrogens (primary N) is 1. The highest BCUT2D eigenvalue weighted by Crippen LogP contribution is 2.26. The molecule has 0 radical (unpaired) electrons. The van der Waals surface area contributed by atoms with Gasteiger partial charge in [0.1, 0.15) is 5.69 Å². The molecule has 18 heavy (non-hydrogen) atoms. The van der Waals surface area contributed by atoms with Crippen molar-refractivity contribution in [2.45, 2.75) is 0 Å². The number of hydrogen-bond acceptors (Lipinski definition) is 7. The van der Waals surface area contributed by atoms with Crippen molar-refractivity contribution >= 4 is 27.8 Å². The van der Waals surface area contributed by atoms with Crippen molar-refractivity contribution in [2.75, 3.05) is 5.73 Å². The van der Waals surface area contributed by atoms with E-state index in [-0.39, 0.29) is 5.56 Å². The van der Waals surface area contributed by atoms with E-state index in [1.54, 1.807) is 17.4 Å². The number of nitrogen functional groups attached to an aromatic ring is 1. The van der Waals surface area contributed by atoms with Gasteiger partial charge in [-0.2, -0.15) is 5.10 Å². The Hall–Kier alpha value is -2.06. The SMILES string of the molecule is Nc1nnc(-c2cc(-c3cccs3)n[nH]c2=O)s1. The number of nitrogens with one attached hydrogen (secondary N) is 1. The first-order valence-corrected chi connectivity index (χ1v) is 6.66. The molecule has 8 heteroatoms. The van der Waals surface area contributed by atoms with Crippen molar-refractivity contribution in [3.05, 3.63) is 33.9 Å². The Morgan fingerprint density at radius 3 is 2.89 bits per heavy atom. The van der Waals surface area contributed by atoms with Gasteiger partial charge in [-0.1, -0.05) is 17.4 Å². The highest BCUT2D eigenvalue weighted by molar-refractivity contribution is 7.18. The molecular weight excluding hydrogens is 270 g/mol. The minimum absolute atomic E-state index is 0.300. The highest BCUT2D eigenvalue weighted by Gasteiger charge is 2.12. The molecule has 0 saturated carbocycles. The summed E-state index contributed by atoms with van der Waals surface area (Å²) in [5, 5.41) is 16.8. The van der Waals surface area contributed by atoms with Gasteiger partial charge in [0.15, 0.2) is 5.01 Å². The molecule has 0 aliphatic rings. The fourth-order valence-corrected chi connectivity index (χ4v) is 2.77. The van der Waals surface area contributed by atoms with Crippen LogP contribution >= 0.6 is 22.7 Å². The lowest BCUT2D eigenvalue weighted by Crippen LogP contribution is -2.11. The summed E-state index contributed by atoms with van der Waals surface area (Å²) in [5.41, 5.74) is 6.35. The van der Waals surface area contributed by atoms with E-state index in [1.807, 2.05) is 17.5 Å². The molecule has 0 atom stereocenters. The molecule has 3 N–H and O–H groups in total. The zero-order valence-corrected chi connectivity index (χ0v) is 10.6. The second kappa shape index (κ2) is 4.31. The quantitative estimate of drug-likeness (QED) is 0.741. The summed E-state index contributed by atoms with van der Waals surface area (Å²) in [6.45, 7) is 0. The minimum atomic E-state index is -0.300. The van der Waals surface area contributed by atoms with Crippen LogP contribution in [0.25, 0.3) is 21.1 Å². The third-order valence-electron chi connectivity index (χ3n) is 2.25. The average molecular weight is 277 g/mol. The van der Waals surface area contributed by atoms with Gasteiger partial charge < -0.3 is 5.73 Å². The fourth-order valence-electron chi connectivity index (χ4n) is 1.46. The van der Waals surface area contributed by atoms with Crippen LogP contribution in [0.3, 0.4) is 0 Å². The van der Waals surface area contributed by atoms with Gasteiger partial charge in [-0.15, -0.1) is 21.5 Å². The Kier molecular flexibility index (Phi) is 2.65. The van der Waals surface area contributed by atoms with Crippen molar-refractivity contribution < 1.29 is 0 Å². The van der Waals surface area contributed by atoms with E-state index in [4.69, 9.17) is 5.73 Å². The normalized spacial score (nSPS) is 10.7. The molecule has 0 spiro atoms. The molecule has 0 unspecified atom stereocenters. The van der Waals surface area contributed by atoms with Gasteiger partial charge in [0.25, 0.3) is 5.56 Å². The van der Waals surface area contributed by atoms with Gasteiger partial charge >= 0.3 is 0 Å². The van der Waals surface area contributed by atoms with Crippen molar-refractivity contribution in [3.63, 3.8) is 0 Å². The third kappa shape index (κ3) is 1.91. The van der Waals surface area contributed by atoms with Gasteiger partial charge in [0, 0.05) is 0 Å². The maximum Gasteiger partial charge on any atom is 0.274 e. The number of aromatic amines is 1. The number of thiophene rings is 1. The topological polar surface area (TPSA) is 97.5 Å². The van der Waals surface area contributed by atoms with Crippen LogP contribution in [0.1, 0.15) is 0 Å². The second-order valence-electron chi connectivity index (χ2n) is 3.42. The predicted molar refractivity (Wildman–Crippen MR) is 71.5 cm³/mol. The Morgan fingerprint density at radius 1 is 1.33 bits per heavy atom. The number of H-pyrrole nitrogens is 1. The summed E-state index contributed by atoms with van der Waals surface area (Å²) >= 11 is 2.72. The van der Waals surface area contributed by atoms with E-state index in [0.717, 1.165) is 4.88 Å². The monoisotopic (exact) mass is 277 g/mol. The van der Waals surface area contributed by atoms with Crippen LogP contribution in [0.2, 0.25) is 0 Å². The fraction of sp³-hybridized carbons (Fsp3) is 0. The first-order valence-electron chi connectivity index (χ1n) is 4.97. The Labute approximate surface area is 109 Å². The van der Waals surface area contributed by atoms with E-state index in [2.05, 4.69) is 20.4 Å². The molecule has 0 amide bonds. The molecule has 0 bridgehead atoms. The molecule has 0 aromatic carbocycles. The Bertz CT molecular complexity index is 731. The molecule has 0 saturated heterocycles. The molecule has 3 heterocycles. The largest absolute Gasteiger partial charge is 0.374 e.